The highest BCUT2D eigenvalue weighted by Gasteiger charge is 2.23. The van der Waals surface area contributed by atoms with Crippen LogP contribution in [0.15, 0.2) is 42.5 Å². The van der Waals surface area contributed by atoms with E-state index in [1.807, 2.05) is 19.1 Å². The lowest BCUT2D eigenvalue weighted by atomic mass is 10.1. The molecule has 1 saturated heterocycles. The summed E-state index contributed by atoms with van der Waals surface area (Å²) >= 11 is 0. The largest absolute Gasteiger partial charge is 0.493 e. The second-order valence-corrected chi connectivity index (χ2v) is 8.69. The van der Waals surface area contributed by atoms with Crippen molar-refractivity contribution >= 4 is 11.8 Å². The Morgan fingerprint density at radius 3 is 2.50 bits per heavy atom. The summed E-state index contributed by atoms with van der Waals surface area (Å²) in [6, 6.07) is 13.5. The molecule has 2 aromatic rings. The molecule has 2 aromatic carbocycles. The number of carbonyl (C=O) groups is 2. The Balaban J connectivity index is 1.29. The molecule has 1 fully saturated rings. The van der Waals surface area contributed by atoms with E-state index in [2.05, 4.69) is 22.8 Å². The SMILES string of the molecule is CCOc1cc(C(=O)N2CCOCC2)ccc1C(=O)NC[C@@H](O)CNC1Cc2ccccc2C1. The molecule has 3 N–H and O–H groups in total. The maximum absolute atomic E-state index is 12.8. The van der Waals surface area contributed by atoms with E-state index < -0.39 is 6.10 Å². The van der Waals surface area contributed by atoms with Gasteiger partial charge in [-0.3, -0.25) is 9.59 Å². The van der Waals surface area contributed by atoms with Crippen molar-refractivity contribution in [1.82, 2.24) is 15.5 Å². The Labute approximate surface area is 200 Å². The Hall–Kier alpha value is -2.94. The molecule has 2 aliphatic rings. The smallest absolute Gasteiger partial charge is 0.255 e. The highest BCUT2D eigenvalue weighted by atomic mass is 16.5. The molecular weight excluding hydrogens is 434 g/mol. The Bertz CT molecular complexity index is 981. The van der Waals surface area contributed by atoms with E-state index in [1.165, 1.54) is 11.1 Å². The number of fused-ring (bicyclic) bond motifs is 1. The van der Waals surface area contributed by atoms with Crippen molar-refractivity contribution in [3.8, 4) is 5.75 Å². The van der Waals surface area contributed by atoms with Crippen LogP contribution < -0.4 is 15.4 Å². The predicted octanol–water partition coefficient (Wildman–Crippen LogP) is 1.41. The fourth-order valence-electron chi connectivity index (χ4n) is 4.45. The lowest BCUT2D eigenvalue weighted by Crippen LogP contribution is -2.42. The zero-order valence-corrected chi connectivity index (χ0v) is 19.6. The molecule has 1 aliphatic heterocycles. The van der Waals surface area contributed by atoms with Gasteiger partial charge in [-0.1, -0.05) is 24.3 Å². The third kappa shape index (κ3) is 5.94. The highest BCUT2D eigenvalue weighted by molar-refractivity contribution is 6.00. The van der Waals surface area contributed by atoms with Crippen molar-refractivity contribution in [1.29, 1.82) is 0 Å². The van der Waals surface area contributed by atoms with Gasteiger partial charge in [-0.15, -0.1) is 0 Å². The molecule has 1 heterocycles. The van der Waals surface area contributed by atoms with E-state index in [0.29, 0.717) is 62.4 Å². The molecule has 8 heteroatoms. The van der Waals surface area contributed by atoms with Gasteiger partial charge >= 0.3 is 0 Å². The monoisotopic (exact) mass is 467 g/mol. The number of morpholine rings is 1. The fourth-order valence-corrected chi connectivity index (χ4v) is 4.45. The van der Waals surface area contributed by atoms with Gasteiger partial charge < -0.3 is 30.1 Å². The van der Waals surface area contributed by atoms with Crippen LogP contribution in [0.4, 0.5) is 0 Å². The van der Waals surface area contributed by atoms with Crippen LogP contribution in [0.3, 0.4) is 0 Å². The summed E-state index contributed by atoms with van der Waals surface area (Å²) in [5.74, 6) is -0.0941. The molecule has 0 unspecified atom stereocenters. The van der Waals surface area contributed by atoms with Gasteiger partial charge in [0, 0.05) is 37.8 Å². The van der Waals surface area contributed by atoms with Crippen LogP contribution in [0.2, 0.25) is 0 Å². The van der Waals surface area contributed by atoms with Gasteiger partial charge in [-0.2, -0.15) is 0 Å². The number of amides is 2. The predicted molar refractivity (Wildman–Crippen MR) is 128 cm³/mol. The van der Waals surface area contributed by atoms with Crippen LogP contribution in [0.25, 0.3) is 0 Å². The van der Waals surface area contributed by atoms with Crippen LogP contribution in [-0.4, -0.2) is 80.0 Å². The number of nitrogens with zero attached hydrogens (tertiary/aromatic N) is 1. The van der Waals surface area contributed by atoms with Crippen molar-refractivity contribution < 1.29 is 24.2 Å². The number of aliphatic hydroxyl groups is 1. The number of ether oxygens (including phenoxy) is 2. The van der Waals surface area contributed by atoms with Crippen molar-refractivity contribution in [3.05, 3.63) is 64.7 Å². The van der Waals surface area contributed by atoms with E-state index in [9.17, 15) is 14.7 Å². The minimum Gasteiger partial charge on any atom is -0.493 e. The Morgan fingerprint density at radius 2 is 1.82 bits per heavy atom. The molecule has 34 heavy (non-hydrogen) atoms. The minimum absolute atomic E-state index is 0.105. The van der Waals surface area contributed by atoms with Gasteiger partial charge in [0.15, 0.2) is 0 Å². The standard InChI is InChI=1S/C26H33N3O5/c1-2-34-24-15-20(26(32)29-9-11-33-12-10-29)7-8-23(24)25(31)28-17-22(30)16-27-21-13-18-5-3-4-6-19(18)14-21/h3-8,15,21-22,27,30H,2,9-14,16-17H2,1H3,(H,28,31)/t22-/m0/s1. The summed E-state index contributed by atoms with van der Waals surface area (Å²) in [4.78, 5) is 27.3. The lowest BCUT2D eigenvalue weighted by Gasteiger charge is -2.27. The third-order valence-corrected chi connectivity index (χ3v) is 6.26. The van der Waals surface area contributed by atoms with E-state index in [1.54, 1.807) is 23.1 Å². The van der Waals surface area contributed by atoms with Gasteiger partial charge in [-0.25, -0.2) is 0 Å². The van der Waals surface area contributed by atoms with Crippen molar-refractivity contribution in [2.75, 3.05) is 46.0 Å². The zero-order valence-electron chi connectivity index (χ0n) is 19.6. The van der Waals surface area contributed by atoms with E-state index in [0.717, 1.165) is 12.8 Å². The second-order valence-electron chi connectivity index (χ2n) is 8.69. The first kappa shape index (κ1) is 24.2. The first-order chi connectivity index (χ1) is 16.5. The third-order valence-electron chi connectivity index (χ3n) is 6.26. The molecule has 8 nitrogen and oxygen atoms in total. The van der Waals surface area contributed by atoms with Crippen molar-refractivity contribution in [3.63, 3.8) is 0 Å². The Kier molecular flexibility index (Phi) is 8.16. The number of benzene rings is 2. The van der Waals surface area contributed by atoms with Crippen LogP contribution in [0, 0.1) is 0 Å². The molecule has 0 radical (unpaired) electrons. The van der Waals surface area contributed by atoms with Gasteiger partial charge in [0.1, 0.15) is 5.75 Å². The first-order valence-electron chi connectivity index (χ1n) is 12.0. The van der Waals surface area contributed by atoms with E-state index in [-0.39, 0.29) is 18.4 Å². The molecule has 0 aromatic heterocycles. The summed E-state index contributed by atoms with van der Waals surface area (Å²) in [5.41, 5.74) is 3.51. The number of aliphatic hydroxyl groups excluding tert-OH is 1. The number of hydrogen-bond acceptors (Lipinski definition) is 6. The molecule has 1 atom stereocenters. The summed E-state index contributed by atoms with van der Waals surface area (Å²) in [6.45, 7) is 4.84. The molecular formula is C26H33N3O5. The lowest BCUT2D eigenvalue weighted by molar-refractivity contribution is 0.0302. The van der Waals surface area contributed by atoms with Gasteiger partial charge in [0.25, 0.3) is 11.8 Å². The molecule has 0 spiro atoms. The second kappa shape index (κ2) is 11.5. The van der Waals surface area contributed by atoms with Crippen molar-refractivity contribution in [2.24, 2.45) is 0 Å². The number of carbonyl (C=O) groups excluding carboxylic acids is 2. The van der Waals surface area contributed by atoms with Gasteiger partial charge in [0.2, 0.25) is 0 Å². The quantitative estimate of drug-likeness (QED) is 0.516. The first-order valence-corrected chi connectivity index (χ1v) is 12.0. The van der Waals surface area contributed by atoms with Crippen LogP contribution in [-0.2, 0) is 17.6 Å². The molecule has 2 amide bonds. The maximum atomic E-state index is 12.8. The van der Waals surface area contributed by atoms with Crippen LogP contribution in [0.1, 0.15) is 38.8 Å². The van der Waals surface area contributed by atoms with Gasteiger partial charge in [0.05, 0.1) is 31.5 Å². The Morgan fingerprint density at radius 1 is 1.12 bits per heavy atom. The normalized spacial score (nSPS) is 16.7. The van der Waals surface area contributed by atoms with Crippen LogP contribution in [0.5, 0.6) is 5.75 Å². The number of rotatable bonds is 9. The molecule has 4 rings (SSSR count). The molecule has 182 valence electrons. The average Bonchev–Trinajstić information content (AvgIpc) is 3.29. The fraction of sp³-hybridized carbons (Fsp3) is 0.462. The average molecular weight is 468 g/mol. The summed E-state index contributed by atoms with van der Waals surface area (Å²) < 4.78 is 11.0. The molecule has 0 bridgehead atoms. The number of hydrogen-bond donors (Lipinski definition) is 3. The molecule has 0 saturated carbocycles. The number of nitrogens with one attached hydrogen (secondary N) is 2. The highest BCUT2D eigenvalue weighted by Crippen LogP contribution is 2.23. The summed E-state index contributed by atoms with van der Waals surface area (Å²) in [5, 5.41) is 16.6. The minimum atomic E-state index is -0.717. The zero-order chi connectivity index (χ0) is 23.9. The van der Waals surface area contributed by atoms with Gasteiger partial charge in [-0.05, 0) is 49.1 Å². The molecule has 1 aliphatic carbocycles. The van der Waals surface area contributed by atoms with Crippen molar-refractivity contribution in [2.45, 2.75) is 31.9 Å². The maximum Gasteiger partial charge on any atom is 0.255 e. The van der Waals surface area contributed by atoms with E-state index >= 15 is 0 Å². The topological polar surface area (TPSA) is 100 Å². The summed E-state index contributed by atoms with van der Waals surface area (Å²) in [6.07, 6.45) is 1.18. The van der Waals surface area contributed by atoms with Crippen LogP contribution >= 0.6 is 0 Å². The van der Waals surface area contributed by atoms with E-state index in [4.69, 9.17) is 9.47 Å². The summed E-state index contributed by atoms with van der Waals surface area (Å²) in [7, 11) is 0.